The maximum absolute atomic E-state index is 12.3. The summed E-state index contributed by atoms with van der Waals surface area (Å²) in [5.74, 6) is -0.0168. The van der Waals surface area contributed by atoms with Crippen LogP contribution in [0.2, 0.25) is 0 Å². The first-order chi connectivity index (χ1) is 8.88. The average Bonchev–Trinajstić information content (AvgIpc) is 2.62. The number of aryl methyl sites for hydroxylation is 5. The van der Waals surface area contributed by atoms with Crippen molar-refractivity contribution < 1.29 is 4.79 Å². The zero-order valence-electron chi connectivity index (χ0n) is 12.0. The Labute approximate surface area is 118 Å². The summed E-state index contributed by atoms with van der Waals surface area (Å²) in [6.45, 7) is 10.1. The Hall–Kier alpha value is -1.61. The molecular weight excluding hydrogens is 254 g/mol. The molecule has 0 aliphatic carbocycles. The summed E-state index contributed by atoms with van der Waals surface area (Å²) in [6, 6.07) is 6.14. The van der Waals surface area contributed by atoms with Crippen molar-refractivity contribution in [1.82, 2.24) is 0 Å². The highest BCUT2D eigenvalue weighted by atomic mass is 32.1. The fourth-order valence-electron chi connectivity index (χ4n) is 2.41. The van der Waals surface area contributed by atoms with Crippen molar-refractivity contribution in [1.29, 1.82) is 0 Å². The molecule has 0 aliphatic rings. The van der Waals surface area contributed by atoms with E-state index in [1.165, 1.54) is 10.4 Å². The van der Waals surface area contributed by atoms with Gasteiger partial charge in [-0.15, -0.1) is 11.3 Å². The molecule has 0 radical (unpaired) electrons. The maximum atomic E-state index is 12.3. The van der Waals surface area contributed by atoms with Crippen LogP contribution in [0, 0.1) is 34.6 Å². The van der Waals surface area contributed by atoms with Gasteiger partial charge in [-0.2, -0.15) is 0 Å². The first kappa shape index (κ1) is 13.8. The van der Waals surface area contributed by atoms with Gasteiger partial charge in [-0.3, -0.25) is 4.79 Å². The van der Waals surface area contributed by atoms with Gasteiger partial charge in [0.05, 0.1) is 5.56 Å². The van der Waals surface area contributed by atoms with Gasteiger partial charge in [-0.1, -0.05) is 17.7 Å². The van der Waals surface area contributed by atoms with Crippen LogP contribution in [0.1, 0.15) is 36.8 Å². The molecule has 0 atom stereocenters. The van der Waals surface area contributed by atoms with Crippen molar-refractivity contribution in [3.05, 3.63) is 50.2 Å². The first-order valence-electron chi connectivity index (χ1n) is 6.34. The Morgan fingerprint density at radius 2 is 1.58 bits per heavy atom. The molecule has 0 spiro atoms. The van der Waals surface area contributed by atoms with Gasteiger partial charge in [0.25, 0.3) is 5.91 Å². The van der Waals surface area contributed by atoms with E-state index in [4.69, 9.17) is 0 Å². The standard InChI is InChI=1S/C16H19NOS/c1-9-6-10(2)15(11(3)7-9)17-16(18)14-8-12(4)19-13(14)5/h6-8H,1-5H3,(H,17,18). The van der Waals surface area contributed by atoms with Crippen LogP contribution in [0.25, 0.3) is 0 Å². The average molecular weight is 273 g/mol. The monoisotopic (exact) mass is 273 g/mol. The van der Waals surface area contributed by atoms with E-state index in [0.29, 0.717) is 0 Å². The van der Waals surface area contributed by atoms with Crippen LogP contribution >= 0.6 is 11.3 Å². The lowest BCUT2D eigenvalue weighted by atomic mass is 10.0. The van der Waals surface area contributed by atoms with Crippen molar-refractivity contribution in [2.45, 2.75) is 34.6 Å². The third-order valence-corrected chi connectivity index (χ3v) is 4.17. The molecule has 1 amide bonds. The minimum atomic E-state index is -0.0168. The summed E-state index contributed by atoms with van der Waals surface area (Å²) in [6.07, 6.45) is 0. The Bertz CT molecular complexity index is 617. The predicted octanol–water partition coefficient (Wildman–Crippen LogP) is 4.54. The molecule has 0 bridgehead atoms. The largest absolute Gasteiger partial charge is 0.321 e. The summed E-state index contributed by atoms with van der Waals surface area (Å²) in [4.78, 5) is 14.6. The number of anilines is 1. The van der Waals surface area contributed by atoms with E-state index in [-0.39, 0.29) is 5.91 Å². The van der Waals surface area contributed by atoms with Crippen LogP contribution in [0.3, 0.4) is 0 Å². The van der Waals surface area contributed by atoms with Crippen LogP contribution in [-0.2, 0) is 0 Å². The van der Waals surface area contributed by atoms with E-state index in [9.17, 15) is 4.79 Å². The normalized spacial score (nSPS) is 10.6. The Morgan fingerprint density at radius 3 is 2.05 bits per heavy atom. The molecule has 1 aromatic heterocycles. The van der Waals surface area contributed by atoms with Gasteiger partial charge < -0.3 is 5.32 Å². The summed E-state index contributed by atoms with van der Waals surface area (Å²) >= 11 is 1.66. The maximum Gasteiger partial charge on any atom is 0.256 e. The zero-order chi connectivity index (χ0) is 14.2. The molecule has 0 aliphatic heterocycles. The Morgan fingerprint density at radius 1 is 1.00 bits per heavy atom. The number of thiophene rings is 1. The molecule has 1 aromatic carbocycles. The lowest BCUT2D eigenvalue weighted by molar-refractivity contribution is 0.102. The van der Waals surface area contributed by atoms with E-state index in [1.54, 1.807) is 11.3 Å². The SMILES string of the molecule is Cc1cc(C)c(NC(=O)c2cc(C)sc2C)c(C)c1. The number of benzene rings is 1. The lowest BCUT2D eigenvalue weighted by Gasteiger charge is -2.12. The minimum absolute atomic E-state index is 0.0168. The highest BCUT2D eigenvalue weighted by molar-refractivity contribution is 7.12. The predicted molar refractivity (Wildman–Crippen MR) is 82.4 cm³/mol. The second-order valence-corrected chi connectivity index (χ2v) is 6.52. The molecule has 3 heteroatoms. The molecule has 100 valence electrons. The molecule has 1 heterocycles. The van der Waals surface area contributed by atoms with Crippen molar-refractivity contribution in [2.75, 3.05) is 5.32 Å². The Kier molecular flexibility index (Phi) is 3.76. The van der Waals surface area contributed by atoms with Gasteiger partial charge in [-0.05, 0) is 51.8 Å². The molecule has 0 saturated carbocycles. The van der Waals surface area contributed by atoms with Gasteiger partial charge in [0.15, 0.2) is 0 Å². The quantitative estimate of drug-likeness (QED) is 0.855. The van der Waals surface area contributed by atoms with Crippen LogP contribution < -0.4 is 5.32 Å². The molecular formula is C16H19NOS. The molecule has 2 nitrogen and oxygen atoms in total. The van der Waals surface area contributed by atoms with Crippen molar-refractivity contribution >= 4 is 22.9 Å². The van der Waals surface area contributed by atoms with Crippen LogP contribution in [0.5, 0.6) is 0 Å². The fraction of sp³-hybridized carbons (Fsp3) is 0.312. The second kappa shape index (κ2) is 5.17. The van der Waals surface area contributed by atoms with E-state index in [0.717, 1.165) is 27.3 Å². The van der Waals surface area contributed by atoms with Crippen molar-refractivity contribution in [2.24, 2.45) is 0 Å². The number of hydrogen-bond donors (Lipinski definition) is 1. The van der Waals surface area contributed by atoms with Gasteiger partial charge in [0.2, 0.25) is 0 Å². The van der Waals surface area contributed by atoms with E-state index < -0.39 is 0 Å². The third-order valence-electron chi connectivity index (χ3n) is 3.20. The third kappa shape index (κ3) is 2.87. The number of carbonyl (C=O) groups excluding carboxylic acids is 1. The van der Waals surface area contributed by atoms with E-state index in [2.05, 4.69) is 24.4 Å². The molecule has 1 N–H and O–H groups in total. The molecule has 0 fully saturated rings. The topological polar surface area (TPSA) is 29.1 Å². The number of hydrogen-bond acceptors (Lipinski definition) is 2. The van der Waals surface area contributed by atoms with Gasteiger partial charge in [0.1, 0.15) is 0 Å². The van der Waals surface area contributed by atoms with Gasteiger partial charge in [0, 0.05) is 15.4 Å². The fourth-order valence-corrected chi connectivity index (χ4v) is 3.34. The number of carbonyl (C=O) groups is 1. The number of rotatable bonds is 2. The molecule has 2 aromatic rings. The summed E-state index contributed by atoms with van der Waals surface area (Å²) in [5.41, 5.74) is 5.14. The molecule has 0 saturated heterocycles. The van der Waals surface area contributed by atoms with Gasteiger partial charge >= 0.3 is 0 Å². The van der Waals surface area contributed by atoms with Gasteiger partial charge in [-0.25, -0.2) is 0 Å². The van der Waals surface area contributed by atoms with Crippen molar-refractivity contribution in [3.63, 3.8) is 0 Å². The molecule has 19 heavy (non-hydrogen) atoms. The summed E-state index contributed by atoms with van der Waals surface area (Å²) in [5, 5.41) is 3.04. The highest BCUT2D eigenvalue weighted by Crippen LogP contribution is 2.25. The molecule has 0 unspecified atom stereocenters. The van der Waals surface area contributed by atoms with Crippen LogP contribution in [0.4, 0.5) is 5.69 Å². The lowest BCUT2D eigenvalue weighted by Crippen LogP contribution is -2.14. The minimum Gasteiger partial charge on any atom is -0.321 e. The van der Waals surface area contributed by atoms with E-state index in [1.807, 2.05) is 33.8 Å². The Balaban J connectivity index is 2.32. The number of nitrogens with one attached hydrogen (secondary N) is 1. The van der Waals surface area contributed by atoms with E-state index >= 15 is 0 Å². The van der Waals surface area contributed by atoms with Crippen molar-refractivity contribution in [3.8, 4) is 0 Å². The highest BCUT2D eigenvalue weighted by Gasteiger charge is 2.14. The smallest absolute Gasteiger partial charge is 0.256 e. The first-order valence-corrected chi connectivity index (χ1v) is 7.16. The van der Waals surface area contributed by atoms with Crippen LogP contribution in [0.15, 0.2) is 18.2 Å². The van der Waals surface area contributed by atoms with Crippen LogP contribution in [-0.4, -0.2) is 5.91 Å². The molecule has 2 rings (SSSR count). The number of amides is 1. The second-order valence-electron chi connectivity index (χ2n) is 5.05. The summed E-state index contributed by atoms with van der Waals surface area (Å²) < 4.78 is 0. The zero-order valence-corrected chi connectivity index (χ0v) is 12.9. The summed E-state index contributed by atoms with van der Waals surface area (Å²) in [7, 11) is 0.